The minimum Gasteiger partial charge on any atom is -0.423 e. The molecule has 0 saturated carbocycles. The SMILES string of the molecule is CCC(C)=O.ON=CCO[SiH3]. The predicted molar refractivity (Wildman–Crippen MR) is 47.1 cm³/mol. The van der Waals surface area contributed by atoms with Crippen molar-refractivity contribution in [1.82, 2.24) is 0 Å². The normalized spacial score (nSPS) is 9.27. The molecule has 0 aromatic carbocycles. The number of rotatable bonds is 3. The Morgan fingerprint density at radius 2 is 2.27 bits per heavy atom. The second-order valence-electron chi connectivity index (χ2n) is 1.81. The molecule has 0 spiro atoms. The highest BCUT2D eigenvalue weighted by atomic mass is 28.2. The Hall–Kier alpha value is -0.683. The van der Waals surface area contributed by atoms with Crippen LogP contribution in [0, 0.1) is 0 Å². The van der Waals surface area contributed by atoms with E-state index < -0.39 is 0 Å². The molecule has 0 aromatic heterocycles. The minimum absolute atomic E-state index is 0.255. The molecule has 0 rings (SSSR count). The van der Waals surface area contributed by atoms with Gasteiger partial charge >= 0.3 is 0 Å². The van der Waals surface area contributed by atoms with Crippen LogP contribution in [0.15, 0.2) is 5.16 Å². The summed E-state index contributed by atoms with van der Waals surface area (Å²) in [5.41, 5.74) is 0. The molecule has 11 heavy (non-hydrogen) atoms. The van der Waals surface area contributed by atoms with Crippen LogP contribution in [0.4, 0.5) is 0 Å². The van der Waals surface area contributed by atoms with Crippen LogP contribution in [0.1, 0.15) is 20.3 Å². The first-order valence-corrected chi connectivity index (χ1v) is 4.14. The van der Waals surface area contributed by atoms with Gasteiger partial charge in [0.2, 0.25) is 0 Å². The Morgan fingerprint density at radius 1 is 1.82 bits per heavy atom. The number of carbonyl (C=O) groups excluding carboxylic acids is 1. The average Bonchev–Trinajstić information content (AvgIpc) is 2.02. The van der Waals surface area contributed by atoms with Crippen molar-refractivity contribution in [1.29, 1.82) is 0 Å². The van der Waals surface area contributed by atoms with E-state index in [1.165, 1.54) is 6.21 Å². The van der Waals surface area contributed by atoms with Crippen LogP contribution in [0.25, 0.3) is 0 Å². The zero-order valence-electron chi connectivity index (χ0n) is 7.20. The Labute approximate surface area is 69.8 Å². The lowest BCUT2D eigenvalue weighted by Crippen LogP contribution is -1.88. The van der Waals surface area contributed by atoms with Crippen LogP contribution in [-0.4, -0.2) is 34.3 Å². The van der Waals surface area contributed by atoms with Crippen molar-refractivity contribution in [2.45, 2.75) is 20.3 Å². The first-order valence-electron chi connectivity index (χ1n) is 3.33. The van der Waals surface area contributed by atoms with Crippen molar-refractivity contribution in [2.24, 2.45) is 5.16 Å². The number of hydrogen-bond donors (Lipinski definition) is 1. The van der Waals surface area contributed by atoms with Gasteiger partial charge in [0.05, 0.1) is 12.8 Å². The number of hydrogen-bond acceptors (Lipinski definition) is 4. The van der Waals surface area contributed by atoms with Crippen molar-refractivity contribution in [3.8, 4) is 0 Å². The maximum atomic E-state index is 9.81. The van der Waals surface area contributed by atoms with E-state index in [1.54, 1.807) is 6.92 Å². The molecule has 0 aliphatic heterocycles. The summed E-state index contributed by atoms with van der Waals surface area (Å²) in [5.74, 6) is 0.255. The molecule has 0 atom stereocenters. The molecule has 0 bridgehead atoms. The third-order valence-electron chi connectivity index (χ3n) is 0.821. The molecule has 0 saturated heterocycles. The van der Waals surface area contributed by atoms with E-state index in [4.69, 9.17) is 5.21 Å². The fourth-order valence-corrected chi connectivity index (χ4v) is 0.257. The Kier molecular flexibility index (Phi) is 14.2. The molecule has 0 aliphatic rings. The van der Waals surface area contributed by atoms with E-state index in [-0.39, 0.29) is 5.78 Å². The van der Waals surface area contributed by atoms with Crippen molar-refractivity contribution < 1.29 is 14.4 Å². The number of carbonyl (C=O) groups is 1. The van der Waals surface area contributed by atoms with Crippen molar-refractivity contribution in [3.05, 3.63) is 0 Å². The lowest BCUT2D eigenvalue weighted by molar-refractivity contribution is -0.116. The van der Waals surface area contributed by atoms with E-state index in [0.29, 0.717) is 23.5 Å². The number of ketones is 1. The zero-order valence-corrected chi connectivity index (χ0v) is 9.20. The maximum Gasteiger partial charge on any atom is 0.146 e. The summed E-state index contributed by atoms with van der Waals surface area (Å²) in [7, 11) is 0.701. The molecule has 66 valence electrons. The quantitative estimate of drug-likeness (QED) is 0.279. The molecule has 4 nitrogen and oxygen atoms in total. The Bertz CT molecular complexity index is 116. The molecule has 1 N–H and O–H groups in total. The molecule has 0 radical (unpaired) electrons. The van der Waals surface area contributed by atoms with Gasteiger partial charge in [-0.2, -0.15) is 0 Å². The van der Waals surface area contributed by atoms with E-state index in [9.17, 15) is 4.79 Å². The van der Waals surface area contributed by atoms with E-state index >= 15 is 0 Å². The molecular weight excluding hydrogens is 162 g/mol. The monoisotopic (exact) mass is 177 g/mol. The van der Waals surface area contributed by atoms with E-state index in [1.807, 2.05) is 6.92 Å². The topological polar surface area (TPSA) is 58.9 Å². The van der Waals surface area contributed by atoms with Gasteiger partial charge in [-0.05, 0) is 6.92 Å². The first kappa shape index (κ1) is 12.9. The molecule has 0 aliphatic carbocycles. The van der Waals surface area contributed by atoms with Gasteiger partial charge in [0.1, 0.15) is 16.3 Å². The molecule has 5 heteroatoms. The van der Waals surface area contributed by atoms with Gasteiger partial charge in [-0.3, -0.25) is 0 Å². The van der Waals surface area contributed by atoms with Gasteiger partial charge in [0.15, 0.2) is 0 Å². The molecule has 0 amide bonds. The number of nitrogens with zero attached hydrogens (tertiary/aromatic N) is 1. The van der Waals surface area contributed by atoms with Crippen molar-refractivity contribution in [2.75, 3.05) is 6.61 Å². The summed E-state index contributed by atoms with van der Waals surface area (Å²) in [4.78, 5) is 9.81. The molecule has 0 fully saturated rings. The summed E-state index contributed by atoms with van der Waals surface area (Å²) in [6, 6.07) is 0. The van der Waals surface area contributed by atoms with E-state index in [2.05, 4.69) is 9.58 Å². The standard InChI is InChI=1S/C4H8O.C2H7NO2Si/c1-3-4(2)5;4-3-1-2-5-6/h3H2,1-2H3;1,4H,2H2,6H3. The second-order valence-corrected chi connectivity index (χ2v) is 2.39. The predicted octanol–water partition coefficient (Wildman–Crippen LogP) is -0.271. The second kappa shape index (κ2) is 12.0. The summed E-state index contributed by atoms with van der Waals surface area (Å²) in [5, 5.41) is 10.4. The van der Waals surface area contributed by atoms with Crippen LogP contribution in [0.5, 0.6) is 0 Å². The summed E-state index contributed by atoms with van der Waals surface area (Å²) in [6.07, 6.45) is 1.97. The van der Waals surface area contributed by atoms with Crippen LogP contribution in [-0.2, 0) is 9.22 Å². The first-order chi connectivity index (χ1) is 5.18. The van der Waals surface area contributed by atoms with Crippen LogP contribution in [0.3, 0.4) is 0 Å². The van der Waals surface area contributed by atoms with Gasteiger partial charge in [0, 0.05) is 6.42 Å². The summed E-state index contributed by atoms with van der Waals surface area (Å²) < 4.78 is 4.61. The molecule has 0 heterocycles. The van der Waals surface area contributed by atoms with Gasteiger partial charge in [-0.15, -0.1) is 0 Å². The highest BCUT2D eigenvalue weighted by Crippen LogP contribution is 1.71. The number of Topliss-reactive ketones (excluding diaryl/α,β-unsaturated/α-hetero) is 1. The fraction of sp³-hybridized carbons (Fsp3) is 0.667. The molecular formula is C6H15NO3Si. The zero-order chi connectivity index (χ0) is 9.11. The van der Waals surface area contributed by atoms with Crippen molar-refractivity contribution >= 4 is 22.5 Å². The summed E-state index contributed by atoms with van der Waals surface area (Å²) in [6.45, 7) is 3.87. The third kappa shape index (κ3) is 26.8. The van der Waals surface area contributed by atoms with E-state index in [0.717, 1.165) is 0 Å². The third-order valence-corrected chi connectivity index (χ3v) is 1.15. The van der Waals surface area contributed by atoms with Gasteiger partial charge < -0.3 is 14.4 Å². The summed E-state index contributed by atoms with van der Waals surface area (Å²) >= 11 is 0. The highest BCUT2D eigenvalue weighted by Gasteiger charge is 1.76. The number of oxime groups is 1. The largest absolute Gasteiger partial charge is 0.423 e. The lowest BCUT2D eigenvalue weighted by Gasteiger charge is -1.81. The van der Waals surface area contributed by atoms with Crippen LogP contribution < -0.4 is 0 Å². The average molecular weight is 177 g/mol. The highest BCUT2D eigenvalue weighted by molar-refractivity contribution is 5.98. The van der Waals surface area contributed by atoms with Gasteiger partial charge in [0.25, 0.3) is 0 Å². The fourth-order valence-electron chi connectivity index (χ4n) is 0.108. The van der Waals surface area contributed by atoms with Gasteiger partial charge in [-0.25, -0.2) is 0 Å². The molecule has 0 aromatic rings. The lowest BCUT2D eigenvalue weighted by atomic mass is 10.4. The van der Waals surface area contributed by atoms with Crippen molar-refractivity contribution in [3.63, 3.8) is 0 Å². The van der Waals surface area contributed by atoms with Crippen LogP contribution in [0.2, 0.25) is 0 Å². The Morgan fingerprint density at radius 3 is 2.36 bits per heavy atom. The molecule has 0 unspecified atom stereocenters. The minimum atomic E-state index is 0.255. The Balaban J connectivity index is 0. The smallest absolute Gasteiger partial charge is 0.146 e. The van der Waals surface area contributed by atoms with Crippen LogP contribution >= 0.6 is 0 Å². The van der Waals surface area contributed by atoms with Gasteiger partial charge in [-0.1, -0.05) is 12.1 Å². The maximum absolute atomic E-state index is 9.81.